The van der Waals surface area contributed by atoms with Crippen molar-refractivity contribution in [2.24, 2.45) is 0 Å². The van der Waals surface area contributed by atoms with Crippen molar-refractivity contribution in [2.45, 2.75) is 29.5 Å². The predicted octanol–water partition coefficient (Wildman–Crippen LogP) is 6.79. The number of nitrogens with zero attached hydrogens (tertiary/aromatic N) is 1. The Morgan fingerprint density at radius 1 is 0.812 bits per heavy atom. The number of thioether (sulfide) groups is 1. The molecule has 242 valence electrons. The van der Waals surface area contributed by atoms with E-state index in [1.807, 2.05) is 48.5 Å². The van der Waals surface area contributed by atoms with Crippen molar-refractivity contribution < 1.29 is 22.8 Å². The van der Waals surface area contributed by atoms with Gasteiger partial charge in [0.2, 0.25) is 0 Å². The molecule has 6 rings (SSSR count). The number of aromatic nitrogens is 1. The summed E-state index contributed by atoms with van der Waals surface area (Å²) in [5.41, 5.74) is 4.70. The molecule has 1 aliphatic heterocycles. The number of hydrogen-bond acceptors (Lipinski definition) is 6. The van der Waals surface area contributed by atoms with Crippen LogP contribution in [0.3, 0.4) is 0 Å². The lowest BCUT2D eigenvalue weighted by molar-refractivity contribution is -0.115. The molecule has 0 aliphatic carbocycles. The summed E-state index contributed by atoms with van der Waals surface area (Å²) >= 11 is 0.809. The van der Waals surface area contributed by atoms with Gasteiger partial charge in [0.25, 0.3) is 17.1 Å². The van der Waals surface area contributed by atoms with Gasteiger partial charge in [-0.3, -0.25) is 19.7 Å². The number of amides is 3. The Bertz CT molecular complexity index is 2040. The first-order chi connectivity index (χ1) is 23.2. The van der Waals surface area contributed by atoms with Crippen molar-refractivity contribution in [2.75, 3.05) is 6.54 Å². The number of carbonyl (C=O) groups is 3. The topological polar surface area (TPSA) is 114 Å². The highest BCUT2D eigenvalue weighted by atomic mass is 32.2. The third-order valence-electron chi connectivity index (χ3n) is 8.02. The number of rotatable bonds is 12. The van der Waals surface area contributed by atoms with E-state index in [0.717, 1.165) is 28.5 Å². The summed E-state index contributed by atoms with van der Waals surface area (Å²) in [7, 11) is -3.55. The largest absolute Gasteiger partial charge is 0.351 e. The average Bonchev–Trinajstić information content (AvgIpc) is 3.64. The van der Waals surface area contributed by atoms with Gasteiger partial charge in [0, 0.05) is 25.2 Å². The maximum atomic E-state index is 13.7. The zero-order valence-corrected chi connectivity index (χ0v) is 27.5. The molecule has 0 spiro atoms. The Labute approximate surface area is 283 Å². The van der Waals surface area contributed by atoms with Crippen molar-refractivity contribution in [3.8, 4) is 0 Å². The highest BCUT2D eigenvalue weighted by molar-refractivity contribution is 8.18. The molecule has 1 aliphatic rings. The maximum absolute atomic E-state index is 13.7. The molecule has 0 saturated carbocycles. The second-order valence-corrected chi connectivity index (χ2v) is 14.5. The molecule has 1 fully saturated rings. The number of carbonyl (C=O) groups excluding carboxylic acids is 3. The molecule has 1 aromatic heterocycles. The van der Waals surface area contributed by atoms with Gasteiger partial charge in [-0.1, -0.05) is 103 Å². The van der Waals surface area contributed by atoms with Crippen LogP contribution in [-0.4, -0.2) is 36.6 Å². The van der Waals surface area contributed by atoms with Crippen molar-refractivity contribution in [1.29, 1.82) is 0 Å². The SMILES string of the molecule is O=C1NC(=O)/C(=C/c2cc(C(=O)NCCC(c3ccccc3)c3ccccc3)n(Cc3cccc(CS(=O)(=O)c4ccccc4)c3)c2)S1. The van der Waals surface area contributed by atoms with E-state index in [0.29, 0.717) is 29.8 Å². The molecule has 4 aromatic carbocycles. The molecule has 3 amide bonds. The summed E-state index contributed by atoms with van der Waals surface area (Å²) in [5.74, 6) is -0.845. The minimum absolute atomic E-state index is 0.0881. The van der Waals surface area contributed by atoms with Crippen molar-refractivity contribution >= 4 is 44.7 Å². The lowest BCUT2D eigenvalue weighted by atomic mass is 9.88. The summed E-state index contributed by atoms with van der Waals surface area (Å²) in [6.45, 7) is 0.689. The van der Waals surface area contributed by atoms with Crippen LogP contribution in [0.4, 0.5) is 4.79 Å². The molecular formula is C38H33N3O5S2. The van der Waals surface area contributed by atoms with Crippen LogP contribution < -0.4 is 10.6 Å². The normalized spacial score (nSPS) is 14.0. The summed E-state index contributed by atoms with van der Waals surface area (Å²) in [5, 5.41) is 4.89. The van der Waals surface area contributed by atoms with E-state index in [4.69, 9.17) is 0 Å². The summed E-state index contributed by atoms with van der Waals surface area (Å²) in [6.07, 6.45) is 4.01. The third kappa shape index (κ3) is 8.02. The van der Waals surface area contributed by atoms with Gasteiger partial charge in [-0.2, -0.15) is 0 Å². The van der Waals surface area contributed by atoms with Crippen LogP contribution in [0.2, 0.25) is 0 Å². The molecular weight excluding hydrogens is 643 g/mol. The molecule has 48 heavy (non-hydrogen) atoms. The molecule has 0 atom stereocenters. The van der Waals surface area contributed by atoms with Crippen LogP contribution >= 0.6 is 11.8 Å². The lowest BCUT2D eigenvalue weighted by Crippen LogP contribution is -2.28. The van der Waals surface area contributed by atoms with Crippen LogP contribution in [0.5, 0.6) is 0 Å². The smallest absolute Gasteiger partial charge is 0.290 e. The average molecular weight is 676 g/mol. The van der Waals surface area contributed by atoms with E-state index in [9.17, 15) is 22.8 Å². The van der Waals surface area contributed by atoms with Crippen LogP contribution in [0.25, 0.3) is 6.08 Å². The molecule has 2 N–H and O–H groups in total. The molecule has 0 bridgehead atoms. The van der Waals surface area contributed by atoms with Gasteiger partial charge in [-0.25, -0.2) is 8.42 Å². The van der Waals surface area contributed by atoms with Gasteiger partial charge in [-0.05, 0) is 70.3 Å². The van der Waals surface area contributed by atoms with Crippen LogP contribution in [0.15, 0.2) is 137 Å². The summed E-state index contributed by atoms with van der Waals surface area (Å²) in [6, 6.07) is 37.6. The van der Waals surface area contributed by atoms with Gasteiger partial charge in [0.15, 0.2) is 9.84 Å². The Kier molecular flexibility index (Phi) is 10.0. The van der Waals surface area contributed by atoms with Crippen LogP contribution in [0, 0.1) is 0 Å². The first-order valence-electron chi connectivity index (χ1n) is 15.4. The van der Waals surface area contributed by atoms with Gasteiger partial charge in [0.1, 0.15) is 5.69 Å². The van der Waals surface area contributed by atoms with Gasteiger partial charge in [-0.15, -0.1) is 0 Å². The molecule has 8 nitrogen and oxygen atoms in total. The van der Waals surface area contributed by atoms with E-state index < -0.39 is 21.0 Å². The van der Waals surface area contributed by atoms with E-state index in [2.05, 4.69) is 34.9 Å². The fourth-order valence-electron chi connectivity index (χ4n) is 5.77. The minimum atomic E-state index is -3.55. The maximum Gasteiger partial charge on any atom is 0.290 e. The standard InChI is InChI=1S/C38H33N3O5S2/c42-36(39-20-19-33(30-13-4-1-5-14-30)31-15-6-2-7-16-31)34-22-29(23-35-37(43)40-38(44)47-35)25-41(34)24-27-11-10-12-28(21-27)26-48(45,46)32-17-8-3-9-18-32/h1-18,21-23,25,33H,19-20,24,26H2,(H,39,42)(H,40,43,44)/b35-23-. The zero-order valence-electron chi connectivity index (χ0n) is 25.9. The van der Waals surface area contributed by atoms with Gasteiger partial charge in [0.05, 0.1) is 15.6 Å². The fourth-order valence-corrected chi connectivity index (χ4v) is 7.81. The monoisotopic (exact) mass is 675 g/mol. The van der Waals surface area contributed by atoms with Crippen molar-refractivity contribution in [3.05, 3.63) is 166 Å². The number of sulfone groups is 1. The molecule has 0 unspecified atom stereocenters. The second-order valence-electron chi connectivity index (χ2n) is 11.4. The lowest BCUT2D eigenvalue weighted by Gasteiger charge is -2.18. The van der Waals surface area contributed by atoms with Crippen LogP contribution in [0.1, 0.15) is 50.6 Å². The number of imide groups is 1. The Morgan fingerprint density at radius 3 is 2.06 bits per heavy atom. The highest BCUT2D eigenvalue weighted by Gasteiger charge is 2.26. The number of benzene rings is 4. The van der Waals surface area contributed by atoms with E-state index in [1.165, 1.54) is 0 Å². The first kappa shape index (κ1) is 32.7. The van der Waals surface area contributed by atoms with Gasteiger partial charge < -0.3 is 9.88 Å². The van der Waals surface area contributed by atoms with E-state index in [-0.39, 0.29) is 33.9 Å². The van der Waals surface area contributed by atoms with Crippen LogP contribution in [-0.2, 0) is 26.9 Å². The third-order valence-corrected chi connectivity index (χ3v) is 10.5. The predicted molar refractivity (Wildman–Crippen MR) is 188 cm³/mol. The molecule has 1 saturated heterocycles. The van der Waals surface area contributed by atoms with E-state index in [1.54, 1.807) is 65.4 Å². The minimum Gasteiger partial charge on any atom is -0.351 e. The van der Waals surface area contributed by atoms with Crippen molar-refractivity contribution in [1.82, 2.24) is 15.2 Å². The highest BCUT2D eigenvalue weighted by Crippen LogP contribution is 2.29. The second kappa shape index (κ2) is 14.7. The summed E-state index contributed by atoms with van der Waals surface area (Å²) < 4.78 is 27.9. The Balaban J connectivity index is 1.23. The number of nitrogens with one attached hydrogen (secondary N) is 2. The van der Waals surface area contributed by atoms with Gasteiger partial charge >= 0.3 is 0 Å². The number of hydrogen-bond donors (Lipinski definition) is 2. The zero-order chi connectivity index (χ0) is 33.5. The molecule has 5 aromatic rings. The Morgan fingerprint density at radius 2 is 1.44 bits per heavy atom. The molecule has 10 heteroatoms. The van der Waals surface area contributed by atoms with E-state index >= 15 is 0 Å². The summed E-state index contributed by atoms with van der Waals surface area (Å²) in [4.78, 5) is 38.2. The van der Waals surface area contributed by atoms with Crippen molar-refractivity contribution in [3.63, 3.8) is 0 Å². The first-order valence-corrected chi connectivity index (χ1v) is 17.9. The molecule has 0 radical (unpaired) electrons. The molecule has 2 heterocycles. The quantitative estimate of drug-likeness (QED) is 0.141. The fraction of sp³-hybridized carbons (Fsp3) is 0.132. The Hall–Kier alpha value is -5.19.